The largest absolute Gasteiger partial charge is 0.378 e. The summed E-state index contributed by atoms with van der Waals surface area (Å²) in [5.41, 5.74) is 0. The highest BCUT2D eigenvalue weighted by Crippen LogP contribution is 2.50. The number of fused-ring (bicyclic) bond motifs is 3. The van der Waals surface area contributed by atoms with Crippen molar-refractivity contribution >= 4 is 0 Å². The van der Waals surface area contributed by atoms with Crippen LogP contribution in [0, 0.1) is 17.8 Å². The molecule has 3 nitrogen and oxygen atoms in total. The zero-order valence-electron chi connectivity index (χ0n) is 15.3. The van der Waals surface area contributed by atoms with Gasteiger partial charge < -0.3 is 14.2 Å². The lowest BCUT2D eigenvalue weighted by Gasteiger charge is -2.38. The summed E-state index contributed by atoms with van der Waals surface area (Å²) >= 11 is 0. The Morgan fingerprint density at radius 2 is 1.74 bits per heavy atom. The maximum atomic E-state index is 6.57. The Kier molecular flexibility index (Phi) is 6.39. The normalized spacial score (nSPS) is 43.2. The summed E-state index contributed by atoms with van der Waals surface area (Å²) in [4.78, 5) is 0. The van der Waals surface area contributed by atoms with Gasteiger partial charge in [-0.05, 0) is 50.4 Å². The molecule has 3 heteroatoms. The van der Waals surface area contributed by atoms with Crippen molar-refractivity contribution in [2.75, 3.05) is 13.2 Å². The standard InChI is InChI=1S/C20H36O3/c1-4-6-12-22-18-10-9-17-16-8-7-15(21-11-5-2)13-19(16)23-20(17)14(18)3/h14-20H,4-13H2,1-3H3. The number of ether oxygens (including phenoxy) is 3. The molecule has 0 bridgehead atoms. The van der Waals surface area contributed by atoms with Crippen LogP contribution < -0.4 is 0 Å². The first kappa shape index (κ1) is 17.7. The van der Waals surface area contributed by atoms with Crippen molar-refractivity contribution in [3.05, 3.63) is 0 Å². The Labute approximate surface area is 142 Å². The molecule has 1 saturated heterocycles. The summed E-state index contributed by atoms with van der Waals surface area (Å²) in [6.45, 7) is 8.59. The third-order valence-electron chi connectivity index (χ3n) is 6.38. The second-order valence-electron chi connectivity index (χ2n) is 7.97. The van der Waals surface area contributed by atoms with Crippen LogP contribution in [-0.4, -0.2) is 37.6 Å². The Morgan fingerprint density at radius 3 is 2.52 bits per heavy atom. The van der Waals surface area contributed by atoms with Crippen molar-refractivity contribution in [1.29, 1.82) is 0 Å². The third kappa shape index (κ3) is 3.93. The van der Waals surface area contributed by atoms with Gasteiger partial charge in [0.25, 0.3) is 0 Å². The summed E-state index contributed by atoms with van der Waals surface area (Å²) < 4.78 is 18.7. The van der Waals surface area contributed by atoms with E-state index in [9.17, 15) is 0 Å². The maximum absolute atomic E-state index is 6.57. The second kappa shape index (κ2) is 8.31. The average molecular weight is 325 g/mol. The van der Waals surface area contributed by atoms with E-state index in [1.807, 2.05) is 0 Å². The van der Waals surface area contributed by atoms with Gasteiger partial charge in [-0.3, -0.25) is 0 Å². The van der Waals surface area contributed by atoms with E-state index in [0.717, 1.165) is 37.9 Å². The predicted octanol–water partition coefficient (Wildman–Crippen LogP) is 4.58. The minimum atomic E-state index is 0.412. The van der Waals surface area contributed by atoms with E-state index >= 15 is 0 Å². The van der Waals surface area contributed by atoms with Crippen LogP contribution in [0.1, 0.15) is 72.1 Å². The fourth-order valence-electron chi connectivity index (χ4n) is 5.08. The lowest BCUT2D eigenvalue weighted by molar-refractivity contribution is -0.0979. The van der Waals surface area contributed by atoms with Gasteiger partial charge in [-0.15, -0.1) is 0 Å². The summed E-state index contributed by atoms with van der Waals surface area (Å²) in [5.74, 6) is 2.10. The van der Waals surface area contributed by atoms with Crippen LogP contribution in [0.4, 0.5) is 0 Å². The number of hydrogen-bond acceptors (Lipinski definition) is 3. The Morgan fingerprint density at radius 1 is 0.913 bits per heavy atom. The molecule has 0 radical (unpaired) electrons. The maximum Gasteiger partial charge on any atom is 0.0661 e. The third-order valence-corrected chi connectivity index (χ3v) is 6.38. The molecule has 0 amide bonds. The highest BCUT2D eigenvalue weighted by atomic mass is 16.5. The van der Waals surface area contributed by atoms with Crippen LogP contribution in [0.2, 0.25) is 0 Å². The first-order valence-corrected chi connectivity index (χ1v) is 10.1. The zero-order valence-corrected chi connectivity index (χ0v) is 15.3. The van der Waals surface area contributed by atoms with Crippen molar-refractivity contribution in [3.8, 4) is 0 Å². The summed E-state index contributed by atoms with van der Waals surface area (Å²) in [5, 5.41) is 0. The van der Waals surface area contributed by atoms with Gasteiger partial charge in [0.2, 0.25) is 0 Å². The van der Waals surface area contributed by atoms with E-state index < -0.39 is 0 Å². The van der Waals surface area contributed by atoms with Gasteiger partial charge >= 0.3 is 0 Å². The molecule has 3 aliphatic rings. The van der Waals surface area contributed by atoms with Gasteiger partial charge in [-0.1, -0.05) is 27.2 Å². The summed E-state index contributed by atoms with van der Waals surface area (Å²) in [6.07, 6.45) is 11.4. The molecular formula is C20H36O3. The summed E-state index contributed by atoms with van der Waals surface area (Å²) in [6, 6.07) is 0. The Bertz CT molecular complexity index is 359. The molecule has 3 rings (SSSR count). The predicted molar refractivity (Wildman–Crippen MR) is 92.6 cm³/mol. The Balaban J connectivity index is 1.54. The number of unbranched alkanes of at least 4 members (excludes halogenated alkanes) is 1. The molecular weight excluding hydrogens is 288 g/mol. The molecule has 0 spiro atoms. The molecule has 134 valence electrons. The molecule has 2 saturated carbocycles. The van der Waals surface area contributed by atoms with Gasteiger partial charge in [-0.25, -0.2) is 0 Å². The molecule has 2 aliphatic carbocycles. The monoisotopic (exact) mass is 324 g/mol. The molecule has 7 unspecified atom stereocenters. The van der Waals surface area contributed by atoms with Crippen molar-refractivity contribution in [3.63, 3.8) is 0 Å². The van der Waals surface area contributed by atoms with Gasteiger partial charge in [0, 0.05) is 25.6 Å². The van der Waals surface area contributed by atoms with E-state index in [0.29, 0.717) is 30.3 Å². The van der Waals surface area contributed by atoms with E-state index in [1.54, 1.807) is 0 Å². The van der Waals surface area contributed by atoms with Crippen LogP contribution in [0.15, 0.2) is 0 Å². The lowest BCUT2D eigenvalue weighted by atomic mass is 9.69. The van der Waals surface area contributed by atoms with Crippen LogP contribution in [0.3, 0.4) is 0 Å². The molecule has 0 N–H and O–H groups in total. The molecule has 3 fully saturated rings. The van der Waals surface area contributed by atoms with E-state index in [-0.39, 0.29) is 0 Å². The fraction of sp³-hybridized carbons (Fsp3) is 1.00. The molecule has 0 aromatic carbocycles. The molecule has 0 aromatic heterocycles. The van der Waals surface area contributed by atoms with Gasteiger partial charge in [0.1, 0.15) is 0 Å². The van der Waals surface area contributed by atoms with E-state index in [4.69, 9.17) is 14.2 Å². The van der Waals surface area contributed by atoms with Crippen LogP contribution in [0.5, 0.6) is 0 Å². The number of hydrogen-bond donors (Lipinski definition) is 0. The number of rotatable bonds is 7. The first-order chi connectivity index (χ1) is 11.2. The highest BCUT2D eigenvalue weighted by Gasteiger charge is 2.52. The van der Waals surface area contributed by atoms with Crippen LogP contribution >= 0.6 is 0 Å². The molecule has 1 heterocycles. The topological polar surface area (TPSA) is 27.7 Å². The van der Waals surface area contributed by atoms with E-state index in [1.165, 1.54) is 38.5 Å². The lowest BCUT2D eigenvalue weighted by Crippen LogP contribution is -2.41. The van der Waals surface area contributed by atoms with Gasteiger partial charge in [0.05, 0.1) is 24.4 Å². The molecule has 1 aliphatic heterocycles. The minimum Gasteiger partial charge on any atom is -0.378 e. The van der Waals surface area contributed by atoms with Crippen LogP contribution in [0.25, 0.3) is 0 Å². The smallest absolute Gasteiger partial charge is 0.0661 e. The van der Waals surface area contributed by atoms with Crippen molar-refractivity contribution < 1.29 is 14.2 Å². The molecule has 0 aromatic rings. The van der Waals surface area contributed by atoms with E-state index in [2.05, 4.69) is 20.8 Å². The molecule has 7 atom stereocenters. The first-order valence-electron chi connectivity index (χ1n) is 10.1. The second-order valence-corrected chi connectivity index (χ2v) is 7.97. The van der Waals surface area contributed by atoms with Crippen LogP contribution in [-0.2, 0) is 14.2 Å². The quantitative estimate of drug-likeness (QED) is 0.642. The summed E-state index contributed by atoms with van der Waals surface area (Å²) in [7, 11) is 0. The SMILES string of the molecule is CCCCOC1CCC2C3CCC(OCCC)CC3OC2C1C. The van der Waals surface area contributed by atoms with Crippen molar-refractivity contribution in [1.82, 2.24) is 0 Å². The highest BCUT2D eigenvalue weighted by molar-refractivity contribution is 5.00. The van der Waals surface area contributed by atoms with Gasteiger partial charge in [0.15, 0.2) is 0 Å². The van der Waals surface area contributed by atoms with Gasteiger partial charge in [-0.2, -0.15) is 0 Å². The minimum absolute atomic E-state index is 0.412. The van der Waals surface area contributed by atoms with Crippen molar-refractivity contribution in [2.24, 2.45) is 17.8 Å². The zero-order chi connectivity index (χ0) is 16.2. The molecule has 23 heavy (non-hydrogen) atoms. The average Bonchev–Trinajstić information content (AvgIpc) is 2.94. The fourth-order valence-corrected chi connectivity index (χ4v) is 5.08. The van der Waals surface area contributed by atoms with Crippen molar-refractivity contribution in [2.45, 2.75) is 96.6 Å². The Hall–Kier alpha value is -0.120.